The molecule has 0 fully saturated rings. The highest BCUT2D eigenvalue weighted by molar-refractivity contribution is 5.70. The second kappa shape index (κ2) is 2.61. The first-order valence-corrected chi connectivity index (χ1v) is 3.40. The van der Waals surface area contributed by atoms with Gasteiger partial charge in [-0.25, -0.2) is 9.97 Å². The molecule has 0 aliphatic rings. The number of H-pyrrole nitrogens is 1. The number of rotatable bonds is 2. The summed E-state index contributed by atoms with van der Waals surface area (Å²) in [5.74, 6) is 0.930. The van der Waals surface area contributed by atoms with Crippen LogP contribution in [-0.4, -0.2) is 25.8 Å². The van der Waals surface area contributed by atoms with Gasteiger partial charge in [0.1, 0.15) is 0 Å². The Morgan fingerprint density at radius 3 is 3.00 bits per heavy atom. The van der Waals surface area contributed by atoms with Crippen LogP contribution < -0.4 is 0 Å². The SMILES string of the molecule is O=Cc1nccn1-c1ncc[nH]1. The van der Waals surface area contributed by atoms with Crippen LogP contribution >= 0.6 is 0 Å². The normalized spacial score (nSPS) is 10.0. The van der Waals surface area contributed by atoms with E-state index in [1.54, 1.807) is 29.4 Å². The second-order valence-electron chi connectivity index (χ2n) is 2.19. The number of carbonyl (C=O) groups is 1. The second-order valence-corrected chi connectivity index (χ2v) is 2.19. The number of hydrogen-bond acceptors (Lipinski definition) is 3. The minimum Gasteiger partial charge on any atom is -0.330 e. The topological polar surface area (TPSA) is 63.6 Å². The van der Waals surface area contributed by atoms with E-state index < -0.39 is 0 Å². The first-order valence-electron chi connectivity index (χ1n) is 3.40. The van der Waals surface area contributed by atoms with E-state index in [2.05, 4.69) is 15.0 Å². The van der Waals surface area contributed by atoms with Gasteiger partial charge in [-0.3, -0.25) is 9.36 Å². The first-order chi connectivity index (χ1) is 5.92. The molecule has 2 rings (SSSR count). The monoisotopic (exact) mass is 162 g/mol. The van der Waals surface area contributed by atoms with Crippen LogP contribution in [0.25, 0.3) is 5.95 Å². The van der Waals surface area contributed by atoms with Gasteiger partial charge < -0.3 is 4.98 Å². The lowest BCUT2D eigenvalue weighted by molar-refractivity contribution is 0.111. The third-order valence-electron chi connectivity index (χ3n) is 1.49. The molecule has 0 saturated carbocycles. The zero-order valence-electron chi connectivity index (χ0n) is 6.14. The summed E-state index contributed by atoms with van der Waals surface area (Å²) in [7, 11) is 0. The van der Waals surface area contributed by atoms with E-state index in [0.717, 1.165) is 0 Å². The van der Waals surface area contributed by atoms with E-state index in [4.69, 9.17) is 0 Å². The van der Waals surface area contributed by atoms with Crippen molar-refractivity contribution in [2.75, 3.05) is 0 Å². The molecule has 0 spiro atoms. The fourth-order valence-electron chi connectivity index (χ4n) is 0.970. The van der Waals surface area contributed by atoms with Gasteiger partial charge in [-0.05, 0) is 0 Å². The van der Waals surface area contributed by atoms with Crippen molar-refractivity contribution in [1.82, 2.24) is 19.5 Å². The van der Waals surface area contributed by atoms with Crippen LogP contribution in [-0.2, 0) is 0 Å². The van der Waals surface area contributed by atoms with E-state index in [1.807, 2.05) is 0 Å². The molecular weight excluding hydrogens is 156 g/mol. The lowest BCUT2D eigenvalue weighted by Crippen LogP contribution is -2.00. The molecule has 2 aromatic heterocycles. The maximum Gasteiger partial charge on any atom is 0.212 e. The zero-order valence-corrected chi connectivity index (χ0v) is 6.14. The van der Waals surface area contributed by atoms with Crippen LogP contribution in [0.15, 0.2) is 24.8 Å². The molecule has 0 aliphatic carbocycles. The van der Waals surface area contributed by atoms with Gasteiger partial charge in [0.25, 0.3) is 0 Å². The van der Waals surface area contributed by atoms with E-state index in [0.29, 0.717) is 18.1 Å². The minimum atomic E-state index is 0.338. The summed E-state index contributed by atoms with van der Waals surface area (Å²) in [5, 5.41) is 0. The molecule has 12 heavy (non-hydrogen) atoms. The van der Waals surface area contributed by atoms with E-state index in [9.17, 15) is 4.79 Å². The van der Waals surface area contributed by atoms with Crippen LogP contribution in [0.2, 0.25) is 0 Å². The predicted octanol–water partition coefficient (Wildman–Crippen LogP) is 0.408. The van der Waals surface area contributed by atoms with Gasteiger partial charge in [-0.1, -0.05) is 0 Å². The van der Waals surface area contributed by atoms with Gasteiger partial charge in [0.05, 0.1) is 0 Å². The van der Waals surface area contributed by atoms with E-state index in [-0.39, 0.29) is 0 Å². The van der Waals surface area contributed by atoms with Gasteiger partial charge in [-0.2, -0.15) is 0 Å². The molecule has 2 aromatic rings. The molecule has 60 valence electrons. The summed E-state index contributed by atoms with van der Waals surface area (Å²) < 4.78 is 1.58. The average molecular weight is 162 g/mol. The molecular formula is C7H6N4O. The Morgan fingerprint density at radius 1 is 1.42 bits per heavy atom. The third kappa shape index (κ3) is 0.914. The molecule has 5 nitrogen and oxygen atoms in total. The lowest BCUT2D eigenvalue weighted by Gasteiger charge is -1.96. The third-order valence-corrected chi connectivity index (χ3v) is 1.49. The van der Waals surface area contributed by atoms with Gasteiger partial charge in [0.2, 0.25) is 5.95 Å². The molecule has 0 saturated heterocycles. The maximum absolute atomic E-state index is 10.5. The Bertz CT molecular complexity index is 376. The van der Waals surface area contributed by atoms with Crippen LogP contribution in [0.5, 0.6) is 0 Å². The van der Waals surface area contributed by atoms with Crippen LogP contribution in [0.3, 0.4) is 0 Å². The van der Waals surface area contributed by atoms with Crippen molar-refractivity contribution in [3.8, 4) is 5.95 Å². The van der Waals surface area contributed by atoms with E-state index in [1.165, 1.54) is 0 Å². The molecule has 0 amide bonds. The fourth-order valence-corrected chi connectivity index (χ4v) is 0.970. The summed E-state index contributed by atoms with van der Waals surface area (Å²) in [5.41, 5.74) is 0. The van der Waals surface area contributed by atoms with Crippen LogP contribution in [0.1, 0.15) is 10.6 Å². The highest BCUT2D eigenvalue weighted by atomic mass is 16.1. The zero-order chi connectivity index (χ0) is 8.39. The van der Waals surface area contributed by atoms with Gasteiger partial charge >= 0.3 is 0 Å². The predicted molar refractivity (Wildman–Crippen MR) is 41.1 cm³/mol. The average Bonchev–Trinajstić information content (AvgIpc) is 2.74. The summed E-state index contributed by atoms with van der Waals surface area (Å²) in [6, 6.07) is 0. The van der Waals surface area contributed by atoms with Crippen molar-refractivity contribution >= 4 is 6.29 Å². The van der Waals surface area contributed by atoms with Crippen molar-refractivity contribution in [2.24, 2.45) is 0 Å². The molecule has 1 N–H and O–H groups in total. The minimum absolute atomic E-state index is 0.338. The number of nitrogens with zero attached hydrogens (tertiary/aromatic N) is 3. The van der Waals surface area contributed by atoms with Gasteiger partial charge in [0, 0.05) is 24.8 Å². The Hall–Kier alpha value is -1.91. The molecule has 5 heteroatoms. The molecule has 0 aromatic carbocycles. The van der Waals surface area contributed by atoms with Crippen LogP contribution in [0.4, 0.5) is 0 Å². The summed E-state index contributed by atoms with van der Waals surface area (Å²) in [6.07, 6.45) is 7.20. The van der Waals surface area contributed by atoms with E-state index >= 15 is 0 Å². The summed E-state index contributed by atoms with van der Waals surface area (Å²) in [4.78, 5) is 21.1. The molecule has 0 atom stereocenters. The molecule has 0 bridgehead atoms. The molecule has 2 heterocycles. The van der Waals surface area contributed by atoms with Crippen molar-refractivity contribution in [1.29, 1.82) is 0 Å². The number of hydrogen-bond donors (Lipinski definition) is 1. The number of aromatic amines is 1. The Morgan fingerprint density at radius 2 is 2.33 bits per heavy atom. The number of aldehydes is 1. The smallest absolute Gasteiger partial charge is 0.212 e. The Kier molecular flexibility index (Phi) is 1.48. The van der Waals surface area contributed by atoms with Crippen molar-refractivity contribution in [3.05, 3.63) is 30.6 Å². The van der Waals surface area contributed by atoms with Gasteiger partial charge in [0.15, 0.2) is 12.1 Å². The van der Waals surface area contributed by atoms with Crippen LogP contribution in [0, 0.1) is 0 Å². The quantitative estimate of drug-likeness (QED) is 0.650. The number of carbonyl (C=O) groups excluding carboxylic acids is 1. The summed E-state index contributed by atoms with van der Waals surface area (Å²) >= 11 is 0. The Balaban J connectivity index is 2.53. The van der Waals surface area contributed by atoms with Gasteiger partial charge in [-0.15, -0.1) is 0 Å². The maximum atomic E-state index is 10.5. The summed E-state index contributed by atoms with van der Waals surface area (Å²) in [6.45, 7) is 0. The molecule has 0 unspecified atom stereocenters. The highest BCUT2D eigenvalue weighted by Crippen LogP contribution is 2.01. The molecule has 0 radical (unpaired) electrons. The standard InChI is InChI=1S/C7H6N4O/c12-5-6-8-3-4-11(6)7-9-1-2-10-7/h1-5H,(H,9,10). The number of imidazole rings is 2. The fraction of sp³-hybridized carbons (Fsp3) is 0. The van der Waals surface area contributed by atoms with Crippen molar-refractivity contribution in [2.45, 2.75) is 0 Å². The highest BCUT2D eigenvalue weighted by Gasteiger charge is 2.03. The lowest BCUT2D eigenvalue weighted by atomic mass is 10.7. The first kappa shape index (κ1) is 6.78. The largest absolute Gasteiger partial charge is 0.330 e. The van der Waals surface area contributed by atoms with Crippen molar-refractivity contribution < 1.29 is 4.79 Å². The number of aromatic nitrogens is 4. The molecule has 0 aliphatic heterocycles. The number of nitrogens with one attached hydrogen (secondary N) is 1. The van der Waals surface area contributed by atoms with Crippen molar-refractivity contribution in [3.63, 3.8) is 0 Å². The Labute approximate surface area is 68.1 Å².